The van der Waals surface area contributed by atoms with Crippen LogP contribution in [-0.2, 0) is 17.6 Å². The SMILES string of the molecule is CNC(=O)c1cccc(CC(=O)N2CCC3(CCc4ccc(F)cc4O3)CC2)n1. The number of amides is 2. The largest absolute Gasteiger partial charge is 0.487 e. The number of aryl methyl sites for hydroxylation is 1. The molecule has 6 nitrogen and oxygen atoms in total. The Labute approximate surface area is 169 Å². The van der Waals surface area contributed by atoms with Gasteiger partial charge in [0.25, 0.3) is 5.91 Å². The van der Waals surface area contributed by atoms with Crippen LogP contribution in [0.1, 0.15) is 41.0 Å². The minimum absolute atomic E-state index is 0.0105. The average Bonchev–Trinajstić information content (AvgIpc) is 2.73. The molecule has 0 unspecified atom stereocenters. The number of pyridine rings is 1. The van der Waals surface area contributed by atoms with E-state index in [1.807, 2.05) is 4.90 Å². The lowest BCUT2D eigenvalue weighted by Crippen LogP contribution is -2.51. The van der Waals surface area contributed by atoms with Crippen LogP contribution in [0.4, 0.5) is 4.39 Å². The summed E-state index contributed by atoms with van der Waals surface area (Å²) in [6.45, 7) is 1.19. The van der Waals surface area contributed by atoms with E-state index in [2.05, 4.69) is 10.3 Å². The van der Waals surface area contributed by atoms with E-state index < -0.39 is 0 Å². The fraction of sp³-hybridized carbons (Fsp3) is 0.409. The van der Waals surface area contributed by atoms with Crippen molar-refractivity contribution < 1.29 is 18.7 Å². The van der Waals surface area contributed by atoms with Crippen molar-refractivity contribution in [3.05, 3.63) is 59.2 Å². The van der Waals surface area contributed by atoms with E-state index in [9.17, 15) is 14.0 Å². The van der Waals surface area contributed by atoms with Gasteiger partial charge in [-0.05, 0) is 36.6 Å². The van der Waals surface area contributed by atoms with Gasteiger partial charge in [-0.15, -0.1) is 0 Å². The van der Waals surface area contributed by atoms with Crippen molar-refractivity contribution in [3.8, 4) is 5.75 Å². The number of rotatable bonds is 3. The van der Waals surface area contributed by atoms with Gasteiger partial charge in [0, 0.05) is 39.0 Å². The van der Waals surface area contributed by atoms with E-state index in [4.69, 9.17) is 4.74 Å². The first kappa shape index (κ1) is 19.4. The lowest BCUT2D eigenvalue weighted by atomic mass is 9.83. The number of ether oxygens (including phenoxy) is 1. The molecule has 2 aliphatic rings. The van der Waals surface area contributed by atoms with Crippen LogP contribution in [0.25, 0.3) is 0 Å². The molecule has 7 heteroatoms. The molecule has 152 valence electrons. The van der Waals surface area contributed by atoms with E-state index in [0.29, 0.717) is 30.2 Å². The Bertz CT molecular complexity index is 939. The Kier molecular flexibility index (Phi) is 5.22. The molecule has 0 radical (unpaired) electrons. The van der Waals surface area contributed by atoms with Gasteiger partial charge in [0.05, 0.1) is 12.1 Å². The summed E-state index contributed by atoms with van der Waals surface area (Å²) in [4.78, 5) is 30.6. The topological polar surface area (TPSA) is 71.5 Å². The number of aromatic nitrogens is 1. The fourth-order valence-corrected chi connectivity index (χ4v) is 4.09. The van der Waals surface area contributed by atoms with Crippen LogP contribution in [0.15, 0.2) is 36.4 Å². The number of piperidine rings is 1. The number of halogens is 1. The van der Waals surface area contributed by atoms with Gasteiger partial charge >= 0.3 is 0 Å². The highest BCUT2D eigenvalue weighted by molar-refractivity contribution is 5.92. The van der Waals surface area contributed by atoms with Crippen LogP contribution < -0.4 is 10.1 Å². The van der Waals surface area contributed by atoms with Crippen molar-refractivity contribution >= 4 is 11.8 Å². The van der Waals surface area contributed by atoms with Crippen LogP contribution in [0.5, 0.6) is 5.75 Å². The molecule has 1 spiro atoms. The van der Waals surface area contributed by atoms with Crippen molar-refractivity contribution in [2.45, 2.75) is 37.7 Å². The van der Waals surface area contributed by atoms with Crippen molar-refractivity contribution in [2.24, 2.45) is 0 Å². The Hall–Kier alpha value is -2.96. The molecule has 0 bridgehead atoms. The summed E-state index contributed by atoms with van der Waals surface area (Å²) in [5.41, 5.74) is 1.60. The van der Waals surface area contributed by atoms with Gasteiger partial charge in [-0.25, -0.2) is 9.37 Å². The van der Waals surface area contributed by atoms with Crippen LogP contribution in [0, 0.1) is 5.82 Å². The van der Waals surface area contributed by atoms with Crippen molar-refractivity contribution in [3.63, 3.8) is 0 Å². The van der Waals surface area contributed by atoms with Crippen LogP contribution in [0.2, 0.25) is 0 Å². The Morgan fingerprint density at radius 3 is 2.76 bits per heavy atom. The number of nitrogens with zero attached hydrogens (tertiary/aromatic N) is 2. The van der Waals surface area contributed by atoms with Crippen molar-refractivity contribution in [2.75, 3.05) is 20.1 Å². The molecule has 4 rings (SSSR count). The highest BCUT2D eigenvalue weighted by atomic mass is 19.1. The quantitative estimate of drug-likeness (QED) is 0.864. The van der Waals surface area contributed by atoms with E-state index in [0.717, 1.165) is 31.2 Å². The summed E-state index contributed by atoms with van der Waals surface area (Å²) < 4.78 is 19.8. The average molecular weight is 397 g/mol. The normalized spacial score (nSPS) is 17.4. The van der Waals surface area contributed by atoms with E-state index in [-0.39, 0.29) is 29.7 Å². The van der Waals surface area contributed by atoms with E-state index in [1.165, 1.54) is 12.1 Å². The third kappa shape index (κ3) is 4.09. The number of fused-ring (bicyclic) bond motifs is 1. The molecule has 1 saturated heterocycles. The van der Waals surface area contributed by atoms with Gasteiger partial charge in [-0.2, -0.15) is 0 Å². The summed E-state index contributed by atoms with van der Waals surface area (Å²) in [6.07, 6.45) is 3.34. The number of hydrogen-bond donors (Lipinski definition) is 1. The number of likely N-dealkylation sites (tertiary alicyclic amines) is 1. The molecular formula is C22H24FN3O3. The zero-order chi connectivity index (χ0) is 20.4. The maximum atomic E-state index is 13.6. The lowest BCUT2D eigenvalue weighted by Gasteiger charge is -2.44. The number of benzene rings is 1. The number of carbonyl (C=O) groups excluding carboxylic acids is 2. The first-order valence-corrected chi connectivity index (χ1v) is 9.91. The standard InChI is InChI=1S/C22H24FN3O3/c1-24-21(28)18-4-2-3-17(25-18)14-20(27)26-11-9-22(10-12-26)8-7-15-5-6-16(23)13-19(15)29-22/h2-6,13H,7-12,14H2,1H3,(H,24,28). The van der Waals surface area contributed by atoms with E-state index in [1.54, 1.807) is 31.3 Å². The Balaban J connectivity index is 1.37. The number of hydrogen-bond acceptors (Lipinski definition) is 4. The molecule has 1 aromatic carbocycles. The van der Waals surface area contributed by atoms with E-state index >= 15 is 0 Å². The minimum Gasteiger partial charge on any atom is -0.487 e. The molecule has 3 heterocycles. The predicted molar refractivity (Wildman–Crippen MR) is 105 cm³/mol. The highest BCUT2D eigenvalue weighted by Gasteiger charge is 2.40. The zero-order valence-electron chi connectivity index (χ0n) is 16.4. The Morgan fingerprint density at radius 2 is 2.00 bits per heavy atom. The Morgan fingerprint density at radius 1 is 1.21 bits per heavy atom. The van der Waals surface area contributed by atoms with Gasteiger partial charge in [0.1, 0.15) is 22.9 Å². The molecule has 0 saturated carbocycles. The second-order valence-corrected chi connectivity index (χ2v) is 7.69. The summed E-state index contributed by atoms with van der Waals surface area (Å²) in [6, 6.07) is 9.82. The van der Waals surface area contributed by atoms with Gasteiger partial charge in [0.2, 0.25) is 5.91 Å². The fourth-order valence-electron chi connectivity index (χ4n) is 4.09. The first-order chi connectivity index (χ1) is 14.0. The lowest BCUT2D eigenvalue weighted by molar-refractivity contribution is -0.134. The summed E-state index contributed by atoms with van der Waals surface area (Å²) in [5, 5.41) is 2.53. The van der Waals surface area contributed by atoms with Gasteiger partial charge in [-0.1, -0.05) is 12.1 Å². The molecular weight excluding hydrogens is 373 g/mol. The van der Waals surface area contributed by atoms with Crippen molar-refractivity contribution in [1.29, 1.82) is 0 Å². The molecule has 2 aliphatic heterocycles. The van der Waals surface area contributed by atoms with Gasteiger partial charge in [0.15, 0.2) is 0 Å². The summed E-state index contributed by atoms with van der Waals surface area (Å²) in [5.74, 6) is 0.0557. The summed E-state index contributed by atoms with van der Waals surface area (Å²) in [7, 11) is 1.55. The third-order valence-electron chi connectivity index (χ3n) is 5.83. The zero-order valence-corrected chi connectivity index (χ0v) is 16.4. The summed E-state index contributed by atoms with van der Waals surface area (Å²) >= 11 is 0. The maximum absolute atomic E-state index is 13.6. The van der Waals surface area contributed by atoms with Gasteiger partial charge < -0.3 is 15.0 Å². The van der Waals surface area contributed by atoms with Crippen LogP contribution >= 0.6 is 0 Å². The van der Waals surface area contributed by atoms with Crippen LogP contribution in [0.3, 0.4) is 0 Å². The van der Waals surface area contributed by atoms with Crippen LogP contribution in [-0.4, -0.2) is 47.4 Å². The maximum Gasteiger partial charge on any atom is 0.269 e. The molecule has 2 amide bonds. The molecule has 1 N–H and O–H groups in total. The second-order valence-electron chi connectivity index (χ2n) is 7.69. The molecule has 0 aliphatic carbocycles. The molecule has 2 aromatic rings. The molecule has 29 heavy (non-hydrogen) atoms. The van der Waals surface area contributed by atoms with Crippen molar-refractivity contribution in [1.82, 2.24) is 15.2 Å². The highest BCUT2D eigenvalue weighted by Crippen LogP contribution is 2.39. The smallest absolute Gasteiger partial charge is 0.269 e. The minimum atomic E-state index is -0.324. The number of nitrogens with one attached hydrogen (secondary N) is 1. The first-order valence-electron chi connectivity index (χ1n) is 9.91. The molecule has 1 fully saturated rings. The second kappa shape index (κ2) is 7.81. The predicted octanol–water partition coefficient (Wildman–Crippen LogP) is 2.51. The third-order valence-corrected chi connectivity index (χ3v) is 5.83. The monoisotopic (exact) mass is 397 g/mol. The molecule has 0 atom stereocenters. The molecule has 1 aromatic heterocycles. The number of carbonyl (C=O) groups is 2. The van der Waals surface area contributed by atoms with Gasteiger partial charge in [-0.3, -0.25) is 9.59 Å².